The van der Waals surface area contributed by atoms with Crippen molar-refractivity contribution < 1.29 is 27.2 Å². The number of rotatable bonds is 5. The zero-order valence-electron chi connectivity index (χ0n) is 17.1. The summed E-state index contributed by atoms with van der Waals surface area (Å²) < 4.78 is 37.3. The summed E-state index contributed by atoms with van der Waals surface area (Å²) in [5.74, 6) is -0.371. The van der Waals surface area contributed by atoms with Gasteiger partial charge in [-0.1, -0.05) is 30.3 Å². The number of furan rings is 1. The van der Waals surface area contributed by atoms with Crippen molar-refractivity contribution in [1.29, 1.82) is 0 Å². The summed E-state index contributed by atoms with van der Waals surface area (Å²) in [5.41, 5.74) is 0.954. The summed E-state index contributed by atoms with van der Waals surface area (Å²) in [7, 11) is -3.79. The second-order valence-corrected chi connectivity index (χ2v) is 9.34. The minimum atomic E-state index is -3.79. The van der Waals surface area contributed by atoms with Gasteiger partial charge in [0, 0.05) is 39.3 Å². The molecule has 31 heavy (non-hydrogen) atoms. The predicted octanol–water partition coefficient (Wildman–Crippen LogP) is 0.828. The van der Waals surface area contributed by atoms with Gasteiger partial charge in [0.05, 0.1) is 19.6 Å². The molecule has 0 unspecified atom stereocenters. The van der Waals surface area contributed by atoms with Gasteiger partial charge >= 0.3 is 0 Å². The molecule has 1 aromatic carbocycles. The van der Waals surface area contributed by atoms with E-state index < -0.39 is 10.0 Å². The lowest BCUT2D eigenvalue weighted by Gasteiger charge is -2.34. The van der Waals surface area contributed by atoms with Gasteiger partial charge in [0.15, 0.2) is 5.76 Å². The third kappa shape index (κ3) is 4.81. The number of carbonyl (C=O) groups excluding carboxylic acids is 2. The number of ether oxygens (including phenoxy) is 1. The normalized spacial score (nSPS) is 18.2. The highest BCUT2D eigenvalue weighted by Crippen LogP contribution is 2.21. The van der Waals surface area contributed by atoms with Crippen LogP contribution in [0.2, 0.25) is 0 Å². The van der Waals surface area contributed by atoms with Gasteiger partial charge in [0.25, 0.3) is 15.9 Å². The van der Waals surface area contributed by atoms with Crippen molar-refractivity contribution in [2.75, 3.05) is 52.5 Å². The highest BCUT2D eigenvalue weighted by Gasteiger charge is 2.32. The Kier molecular flexibility index (Phi) is 6.40. The zero-order valence-corrected chi connectivity index (χ0v) is 17.9. The van der Waals surface area contributed by atoms with Crippen molar-refractivity contribution in [3.63, 3.8) is 0 Å². The minimum absolute atomic E-state index is 0.0177. The van der Waals surface area contributed by atoms with E-state index in [1.54, 1.807) is 9.80 Å². The van der Waals surface area contributed by atoms with Crippen molar-refractivity contribution in [1.82, 2.24) is 14.1 Å². The average molecular weight is 448 g/mol. The maximum atomic E-state index is 12.8. The lowest BCUT2D eigenvalue weighted by atomic mass is 10.1. The molecule has 0 spiro atoms. The van der Waals surface area contributed by atoms with Crippen molar-refractivity contribution in [3.05, 3.63) is 53.8 Å². The molecule has 2 amide bonds. The summed E-state index contributed by atoms with van der Waals surface area (Å²) in [5, 5.41) is -0.241. The number of hydrogen-bond acceptors (Lipinski definition) is 6. The largest absolute Gasteiger partial charge is 0.438 e. The minimum Gasteiger partial charge on any atom is -0.438 e. The Balaban J connectivity index is 1.34. The standard InChI is InChI=1S/C21H25N3O6S/c25-19(16-17-4-2-1-3-5-17)22-8-10-23(11-9-22)21(26)18-6-7-20(30-18)31(27,28)24-12-14-29-15-13-24/h1-7H,8-16H2. The fourth-order valence-corrected chi connectivity index (χ4v) is 5.00. The molecule has 3 heterocycles. The fourth-order valence-electron chi connectivity index (χ4n) is 3.68. The van der Waals surface area contributed by atoms with Gasteiger partial charge in [-0.2, -0.15) is 4.31 Å². The molecule has 1 aromatic heterocycles. The Bertz CT molecular complexity index is 1020. The SMILES string of the molecule is O=C(Cc1ccccc1)N1CCN(C(=O)c2ccc(S(=O)(=O)N3CCOCC3)o2)CC1. The fraction of sp³-hybridized carbons (Fsp3) is 0.429. The van der Waals surface area contributed by atoms with Crippen molar-refractivity contribution >= 4 is 21.8 Å². The van der Waals surface area contributed by atoms with Crippen molar-refractivity contribution in [2.24, 2.45) is 0 Å². The lowest BCUT2D eigenvalue weighted by molar-refractivity contribution is -0.131. The van der Waals surface area contributed by atoms with Crippen LogP contribution in [0.4, 0.5) is 0 Å². The van der Waals surface area contributed by atoms with E-state index in [-0.39, 0.29) is 35.8 Å². The maximum Gasteiger partial charge on any atom is 0.289 e. The lowest BCUT2D eigenvalue weighted by Crippen LogP contribution is -2.50. The molecule has 0 radical (unpaired) electrons. The topological polar surface area (TPSA) is 100 Å². The molecule has 4 rings (SSSR count). The van der Waals surface area contributed by atoms with Gasteiger partial charge in [0.2, 0.25) is 11.0 Å². The summed E-state index contributed by atoms with van der Waals surface area (Å²) >= 11 is 0. The summed E-state index contributed by atoms with van der Waals surface area (Å²) in [4.78, 5) is 28.6. The number of hydrogen-bond donors (Lipinski definition) is 0. The van der Waals surface area contributed by atoms with Crippen LogP contribution in [-0.2, 0) is 26.0 Å². The number of nitrogens with zero attached hydrogens (tertiary/aromatic N) is 3. The molecule has 166 valence electrons. The number of piperazine rings is 1. The monoisotopic (exact) mass is 447 g/mol. The van der Waals surface area contributed by atoms with E-state index in [1.807, 2.05) is 30.3 Å². The maximum absolute atomic E-state index is 12.8. The van der Waals surface area contributed by atoms with E-state index in [4.69, 9.17) is 9.15 Å². The number of morpholine rings is 1. The first-order valence-electron chi connectivity index (χ1n) is 10.2. The molecule has 2 fully saturated rings. The molecular formula is C21H25N3O6S. The van der Waals surface area contributed by atoms with Crippen LogP contribution in [-0.4, -0.2) is 86.8 Å². The highest BCUT2D eigenvalue weighted by molar-refractivity contribution is 7.89. The molecular weight excluding hydrogens is 422 g/mol. The van der Waals surface area contributed by atoms with Crippen LogP contribution in [0.25, 0.3) is 0 Å². The van der Waals surface area contributed by atoms with Crippen LogP contribution in [0.3, 0.4) is 0 Å². The Morgan fingerprint density at radius 3 is 2.16 bits per heavy atom. The number of amides is 2. The number of benzene rings is 1. The van der Waals surface area contributed by atoms with Crippen molar-refractivity contribution in [3.8, 4) is 0 Å². The molecule has 2 aromatic rings. The van der Waals surface area contributed by atoms with Crippen LogP contribution in [0.1, 0.15) is 16.1 Å². The molecule has 2 aliphatic heterocycles. The van der Waals surface area contributed by atoms with Gasteiger partial charge in [-0.25, -0.2) is 8.42 Å². The van der Waals surface area contributed by atoms with E-state index in [1.165, 1.54) is 16.4 Å². The summed E-state index contributed by atoms with van der Waals surface area (Å²) in [6.07, 6.45) is 0.329. The average Bonchev–Trinajstić information content (AvgIpc) is 3.31. The second-order valence-electron chi connectivity index (χ2n) is 7.47. The van der Waals surface area contributed by atoms with Gasteiger partial charge in [0.1, 0.15) is 0 Å². The van der Waals surface area contributed by atoms with E-state index in [0.29, 0.717) is 45.8 Å². The Morgan fingerprint density at radius 1 is 0.839 bits per heavy atom. The van der Waals surface area contributed by atoms with Crippen LogP contribution < -0.4 is 0 Å². The van der Waals surface area contributed by atoms with Crippen LogP contribution >= 0.6 is 0 Å². The van der Waals surface area contributed by atoms with E-state index in [2.05, 4.69) is 0 Å². The van der Waals surface area contributed by atoms with Gasteiger partial charge < -0.3 is 19.0 Å². The Morgan fingerprint density at radius 2 is 1.48 bits per heavy atom. The first-order valence-corrected chi connectivity index (χ1v) is 11.7. The van der Waals surface area contributed by atoms with Crippen LogP contribution in [0.5, 0.6) is 0 Å². The molecule has 0 atom stereocenters. The number of sulfonamides is 1. The molecule has 2 aliphatic rings. The first-order chi connectivity index (χ1) is 14.9. The van der Waals surface area contributed by atoms with Crippen molar-refractivity contribution in [2.45, 2.75) is 11.5 Å². The Hall–Kier alpha value is -2.69. The van der Waals surface area contributed by atoms with Gasteiger partial charge in [-0.15, -0.1) is 0 Å². The van der Waals surface area contributed by atoms with Gasteiger partial charge in [-0.05, 0) is 17.7 Å². The molecule has 2 saturated heterocycles. The smallest absolute Gasteiger partial charge is 0.289 e. The third-order valence-electron chi connectivity index (χ3n) is 5.47. The molecule has 0 aliphatic carbocycles. The summed E-state index contributed by atoms with van der Waals surface area (Å²) in [6, 6.07) is 12.2. The van der Waals surface area contributed by atoms with E-state index >= 15 is 0 Å². The highest BCUT2D eigenvalue weighted by atomic mass is 32.2. The third-order valence-corrected chi connectivity index (χ3v) is 7.25. The molecule has 0 N–H and O–H groups in total. The Labute approximate surface area is 181 Å². The van der Waals surface area contributed by atoms with Crippen LogP contribution in [0.15, 0.2) is 52.0 Å². The van der Waals surface area contributed by atoms with Crippen LogP contribution in [0, 0.1) is 0 Å². The summed E-state index contributed by atoms with van der Waals surface area (Å²) in [6.45, 7) is 2.76. The van der Waals surface area contributed by atoms with E-state index in [0.717, 1.165) is 5.56 Å². The molecule has 0 saturated carbocycles. The first kappa shape index (κ1) is 21.5. The van der Waals surface area contributed by atoms with E-state index in [9.17, 15) is 18.0 Å². The molecule has 10 heteroatoms. The molecule has 0 bridgehead atoms. The quantitative estimate of drug-likeness (QED) is 0.673. The molecule has 9 nitrogen and oxygen atoms in total. The zero-order chi connectivity index (χ0) is 21.8. The second kappa shape index (κ2) is 9.21. The van der Waals surface area contributed by atoms with Gasteiger partial charge in [-0.3, -0.25) is 9.59 Å². The predicted molar refractivity (Wildman–Crippen MR) is 111 cm³/mol. The number of carbonyl (C=O) groups is 2.